The highest BCUT2D eigenvalue weighted by Crippen LogP contribution is 2.38. The summed E-state index contributed by atoms with van der Waals surface area (Å²) in [5, 5.41) is 0. The Balaban J connectivity index is 2.40. The smallest absolute Gasteiger partial charge is 0.244 e. The minimum Gasteiger partial charge on any atom is -0.398 e. The van der Waals surface area contributed by atoms with Gasteiger partial charge in [-0.25, -0.2) is 13.1 Å². The van der Waals surface area contributed by atoms with Gasteiger partial charge in [-0.3, -0.25) is 0 Å². The van der Waals surface area contributed by atoms with Crippen LogP contribution in [0, 0.1) is 0 Å². The van der Waals surface area contributed by atoms with E-state index in [1.807, 2.05) is 6.92 Å². The van der Waals surface area contributed by atoms with Crippen LogP contribution in [0.4, 0.5) is 5.69 Å². The monoisotopic (exact) mass is 410 g/mol. The quantitative estimate of drug-likeness (QED) is 0.745. The van der Waals surface area contributed by atoms with Crippen LogP contribution in [0.15, 0.2) is 26.0 Å². The van der Waals surface area contributed by atoms with Gasteiger partial charge in [-0.15, -0.1) is 0 Å². The Kier molecular flexibility index (Phi) is 4.30. The molecule has 0 atom stereocenters. The number of nitrogen functional groups attached to an aromatic ring is 1. The Labute approximate surface area is 130 Å². The molecule has 0 spiro atoms. The Bertz CT molecular complexity index is 569. The summed E-state index contributed by atoms with van der Waals surface area (Å²) in [6.45, 7) is 2.00. The van der Waals surface area contributed by atoms with E-state index in [0.29, 0.717) is 4.47 Å². The zero-order valence-corrected chi connectivity index (χ0v) is 14.5. The van der Waals surface area contributed by atoms with Gasteiger partial charge in [0.05, 0.1) is 5.69 Å². The number of anilines is 1. The van der Waals surface area contributed by atoms with Crippen LogP contribution in [0.2, 0.25) is 0 Å². The number of rotatable bonds is 4. The molecule has 0 heterocycles. The third kappa shape index (κ3) is 2.99. The molecule has 1 aromatic carbocycles. The molecule has 0 unspecified atom stereocenters. The van der Waals surface area contributed by atoms with Crippen molar-refractivity contribution in [3.05, 3.63) is 21.1 Å². The number of hydrogen-bond donors (Lipinski definition) is 2. The summed E-state index contributed by atoms with van der Waals surface area (Å²) in [4.78, 5) is 0.121. The average Bonchev–Trinajstić information content (AvgIpc) is 2.21. The summed E-state index contributed by atoms with van der Waals surface area (Å²) in [6, 6.07) is 3.28. The van der Waals surface area contributed by atoms with Crippen LogP contribution in [0.1, 0.15) is 32.6 Å². The van der Waals surface area contributed by atoms with E-state index in [1.165, 1.54) is 0 Å². The van der Waals surface area contributed by atoms with E-state index in [0.717, 1.165) is 30.2 Å². The first-order valence-corrected chi connectivity index (χ1v) is 9.15. The highest BCUT2D eigenvalue weighted by atomic mass is 79.9. The van der Waals surface area contributed by atoms with Crippen LogP contribution in [-0.2, 0) is 10.0 Å². The molecule has 1 saturated carbocycles. The first kappa shape index (κ1) is 15.3. The Hall–Kier alpha value is -0.110. The van der Waals surface area contributed by atoms with Crippen molar-refractivity contribution in [1.82, 2.24) is 4.72 Å². The van der Waals surface area contributed by atoms with Gasteiger partial charge >= 0.3 is 0 Å². The molecule has 0 bridgehead atoms. The predicted octanol–water partition coefficient (Wildman–Crippen LogP) is 3.40. The maximum Gasteiger partial charge on any atom is 0.244 e. The SMILES string of the molecule is CCC1(NS(=O)(=O)c2c(N)cc(Br)cc2Br)CCC1. The van der Waals surface area contributed by atoms with E-state index in [4.69, 9.17) is 5.73 Å². The number of nitrogens with one attached hydrogen (secondary N) is 1. The molecule has 4 nitrogen and oxygen atoms in total. The zero-order valence-electron chi connectivity index (χ0n) is 10.5. The van der Waals surface area contributed by atoms with Crippen molar-refractivity contribution >= 4 is 47.6 Å². The van der Waals surface area contributed by atoms with Crippen LogP contribution >= 0.6 is 31.9 Å². The van der Waals surface area contributed by atoms with Crippen LogP contribution in [-0.4, -0.2) is 14.0 Å². The van der Waals surface area contributed by atoms with Crippen molar-refractivity contribution in [2.24, 2.45) is 0 Å². The molecule has 0 aliphatic heterocycles. The Morgan fingerprint density at radius 2 is 2.00 bits per heavy atom. The molecule has 0 aromatic heterocycles. The van der Waals surface area contributed by atoms with Crippen LogP contribution < -0.4 is 10.5 Å². The maximum atomic E-state index is 12.5. The van der Waals surface area contributed by atoms with Gasteiger partial charge in [0.1, 0.15) is 4.90 Å². The van der Waals surface area contributed by atoms with Crippen molar-refractivity contribution < 1.29 is 8.42 Å². The van der Waals surface area contributed by atoms with E-state index in [-0.39, 0.29) is 16.1 Å². The zero-order chi connectivity index (χ0) is 14.3. The van der Waals surface area contributed by atoms with Crippen molar-refractivity contribution in [3.63, 3.8) is 0 Å². The molecule has 1 fully saturated rings. The second-order valence-electron chi connectivity index (χ2n) is 4.90. The van der Waals surface area contributed by atoms with Crippen molar-refractivity contribution in [2.45, 2.75) is 43.0 Å². The molecular formula is C12H16Br2N2O2S. The van der Waals surface area contributed by atoms with Gasteiger partial charge in [0, 0.05) is 14.5 Å². The van der Waals surface area contributed by atoms with E-state index < -0.39 is 10.0 Å². The van der Waals surface area contributed by atoms with Gasteiger partial charge in [0.25, 0.3) is 0 Å². The second-order valence-corrected chi connectivity index (χ2v) is 8.29. The summed E-state index contributed by atoms with van der Waals surface area (Å²) >= 11 is 6.56. The first-order valence-electron chi connectivity index (χ1n) is 6.08. The van der Waals surface area contributed by atoms with Gasteiger partial charge in [-0.2, -0.15) is 0 Å². The molecule has 106 valence electrons. The fourth-order valence-corrected chi connectivity index (χ4v) is 5.93. The third-order valence-corrected chi connectivity index (χ3v) is 6.68. The lowest BCUT2D eigenvalue weighted by atomic mass is 9.76. The minimum atomic E-state index is -3.61. The molecule has 0 saturated heterocycles. The first-order chi connectivity index (χ1) is 8.80. The third-order valence-electron chi connectivity index (χ3n) is 3.64. The van der Waals surface area contributed by atoms with Crippen molar-refractivity contribution in [1.29, 1.82) is 0 Å². The maximum absolute atomic E-state index is 12.5. The van der Waals surface area contributed by atoms with Gasteiger partial charge in [-0.05, 0) is 53.7 Å². The Morgan fingerprint density at radius 3 is 2.42 bits per heavy atom. The van der Waals surface area contributed by atoms with Gasteiger partial charge in [0.2, 0.25) is 10.0 Å². The largest absolute Gasteiger partial charge is 0.398 e. The summed E-state index contributed by atoms with van der Waals surface area (Å²) in [5.41, 5.74) is 5.79. The normalized spacial score (nSPS) is 18.1. The van der Waals surface area contributed by atoms with E-state index >= 15 is 0 Å². The number of nitrogens with two attached hydrogens (primary N) is 1. The fourth-order valence-electron chi connectivity index (χ4n) is 2.33. The molecule has 3 N–H and O–H groups in total. The summed E-state index contributed by atoms with van der Waals surface area (Å²) in [5.74, 6) is 0. The molecule has 7 heteroatoms. The molecule has 19 heavy (non-hydrogen) atoms. The van der Waals surface area contributed by atoms with Crippen molar-refractivity contribution in [3.8, 4) is 0 Å². The number of hydrogen-bond acceptors (Lipinski definition) is 3. The fraction of sp³-hybridized carbons (Fsp3) is 0.500. The lowest BCUT2D eigenvalue weighted by Gasteiger charge is -2.41. The Morgan fingerprint density at radius 1 is 1.37 bits per heavy atom. The summed E-state index contributed by atoms with van der Waals surface area (Å²) in [7, 11) is -3.61. The van der Waals surface area contributed by atoms with Crippen LogP contribution in [0.25, 0.3) is 0 Å². The van der Waals surface area contributed by atoms with Crippen molar-refractivity contribution in [2.75, 3.05) is 5.73 Å². The van der Waals surface area contributed by atoms with Gasteiger partial charge in [0.15, 0.2) is 0 Å². The van der Waals surface area contributed by atoms with E-state index in [1.54, 1.807) is 12.1 Å². The molecule has 1 aliphatic carbocycles. The highest BCUT2D eigenvalue weighted by molar-refractivity contribution is 9.11. The number of halogens is 2. The minimum absolute atomic E-state index is 0.121. The van der Waals surface area contributed by atoms with Gasteiger partial charge in [-0.1, -0.05) is 22.9 Å². The average molecular weight is 412 g/mol. The van der Waals surface area contributed by atoms with Crippen LogP contribution in [0.5, 0.6) is 0 Å². The number of benzene rings is 1. The van der Waals surface area contributed by atoms with E-state index in [9.17, 15) is 8.42 Å². The number of sulfonamides is 1. The van der Waals surface area contributed by atoms with E-state index in [2.05, 4.69) is 36.6 Å². The molecule has 0 radical (unpaired) electrons. The second kappa shape index (κ2) is 5.35. The molecular weight excluding hydrogens is 396 g/mol. The highest BCUT2D eigenvalue weighted by Gasteiger charge is 2.40. The summed E-state index contributed by atoms with van der Waals surface area (Å²) in [6.07, 6.45) is 3.63. The molecule has 2 rings (SSSR count). The summed E-state index contributed by atoms with van der Waals surface area (Å²) < 4.78 is 29.1. The lowest BCUT2D eigenvalue weighted by Crippen LogP contribution is -2.52. The molecule has 0 amide bonds. The topological polar surface area (TPSA) is 72.2 Å². The van der Waals surface area contributed by atoms with Gasteiger partial charge < -0.3 is 5.73 Å². The predicted molar refractivity (Wildman–Crippen MR) is 83.4 cm³/mol. The standard InChI is InChI=1S/C12H16Br2N2O2S/c1-2-12(4-3-5-12)16-19(17,18)11-9(14)6-8(13)7-10(11)15/h6-7,16H,2-5,15H2,1H3. The van der Waals surface area contributed by atoms with Crippen LogP contribution in [0.3, 0.4) is 0 Å². The molecule has 1 aromatic rings. The lowest BCUT2D eigenvalue weighted by molar-refractivity contribution is 0.214. The molecule has 1 aliphatic rings.